The number of hydrogen-bond acceptors (Lipinski definition) is 5. The van der Waals surface area contributed by atoms with Crippen molar-refractivity contribution in [3.05, 3.63) is 65.2 Å². The number of halogens is 1. The Morgan fingerprint density at radius 1 is 1.08 bits per heavy atom. The zero-order chi connectivity index (χ0) is 18.4. The summed E-state index contributed by atoms with van der Waals surface area (Å²) in [7, 11) is 0. The van der Waals surface area contributed by atoms with Gasteiger partial charge in [0.2, 0.25) is 0 Å². The summed E-state index contributed by atoms with van der Waals surface area (Å²) in [4.78, 5) is 18.2. The summed E-state index contributed by atoms with van der Waals surface area (Å²) < 4.78 is 5.15. The molecule has 0 aromatic heterocycles. The Morgan fingerprint density at radius 3 is 2.04 bits per heavy atom. The lowest BCUT2D eigenvalue weighted by Crippen LogP contribution is -2.21. The van der Waals surface area contributed by atoms with Crippen molar-refractivity contribution >= 4 is 24.4 Å². The van der Waals surface area contributed by atoms with Gasteiger partial charge in [-0.05, 0) is 36.4 Å². The summed E-state index contributed by atoms with van der Waals surface area (Å²) in [6.45, 7) is 1.78. The lowest BCUT2D eigenvalue weighted by Gasteiger charge is -2.09. The summed E-state index contributed by atoms with van der Waals surface area (Å²) in [5.41, 5.74) is 0.331. The third-order valence-electron chi connectivity index (χ3n) is 2.49. The average Bonchev–Trinajstić information content (AvgIpc) is 2.64. The molecule has 0 fully saturated rings. The Morgan fingerprint density at radius 2 is 1.62 bits per heavy atom. The van der Waals surface area contributed by atoms with E-state index in [-0.39, 0.29) is 13.2 Å². The molecule has 24 heavy (non-hydrogen) atoms. The molecule has 3 N–H and O–H groups in total. The van der Waals surface area contributed by atoms with Crippen LogP contribution in [0, 0.1) is 0 Å². The molecule has 6 nitrogen and oxygen atoms in total. The number of carboxylic acids is 1. The minimum atomic E-state index is -0.879. The van der Waals surface area contributed by atoms with Crippen LogP contribution in [-0.4, -0.2) is 47.4 Å². The molecule has 130 valence electrons. The Labute approximate surface area is 144 Å². The second kappa shape index (κ2) is 13.1. The van der Waals surface area contributed by atoms with Crippen LogP contribution in [0.25, 0.3) is 0 Å². The van der Waals surface area contributed by atoms with E-state index in [0.29, 0.717) is 16.3 Å². The summed E-state index contributed by atoms with van der Waals surface area (Å²) in [6, 6.07) is 15.1. The maximum absolute atomic E-state index is 10.2. The van der Waals surface area contributed by atoms with Gasteiger partial charge in [0.1, 0.15) is 25.2 Å². The van der Waals surface area contributed by atoms with Gasteiger partial charge in [0.25, 0.3) is 0 Å². The van der Waals surface area contributed by atoms with Gasteiger partial charge in [0.05, 0.1) is 12.2 Å². The van der Waals surface area contributed by atoms with Crippen LogP contribution < -0.4 is 4.74 Å². The van der Waals surface area contributed by atoms with E-state index in [2.05, 4.69) is 0 Å². The molecular weight excluding hydrogens is 336 g/mol. The van der Waals surface area contributed by atoms with Gasteiger partial charge in [0, 0.05) is 5.02 Å². The SMILES string of the molecule is C=O.O=C(O)c1ccccc1.OCC(O)COc1ccc(Cl)cc1. The molecule has 0 heterocycles. The van der Waals surface area contributed by atoms with Crippen LogP contribution >= 0.6 is 11.6 Å². The van der Waals surface area contributed by atoms with Crippen molar-refractivity contribution in [2.75, 3.05) is 13.2 Å². The van der Waals surface area contributed by atoms with Gasteiger partial charge in [-0.2, -0.15) is 0 Å². The number of carbonyl (C=O) groups is 2. The van der Waals surface area contributed by atoms with Crippen LogP contribution in [0.5, 0.6) is 5.75 Å². The van der Waals surface area contributed by atoms with E-state index in [4.69, 9.17) is 36.5 Å². The van der Waals surface area contributed by atoms with Gasteiger partial charge in [-0.1, -0.05) is 29.8 Å². The van der Waals surface area contributed by atoms with E-state index in [1.54, 1.807) is 54.6 Å². The van der Waals surface area contributed by atoms with Crippen molar-refractivity contribution in [2.24, 2.45) is 0 Å². The molecule has 0 aliphatic heterocycles. The number of hydrogen-bond donors (Lipinski definition) is 3. The first-order valence-corrected chi connectivity index (χ1v) is 7.15. The minimum absolute atomic E-state index is 0.0815. The van der Waals surface area contributed by atoms with Crippen molar-refractivity contribution in [1.29, 1.82) is 0 Å². The molecule has 2 rings (SSSR count). The number of aliphatic hydroxyl groups is 2. The lowest BCUT2D eigenvalue weighted by molar-refractivity contribution is -0.0980. The molecule has 0 spiro atoms. The van der Waals surface area contributed by atoms with Gasteiger partial charge in [-0.25, -0.2) is 4.79 Å². The van der Waals surface area contributed by atoms with Crippen LogP contribution in [-0.2, 0) is 4.79 Å². The highest BCUT2D eigenvalue weighted by atomic mass is 35.5. The third-order valence-corrected chi connectivity index (χ3v) is 2.74. The highest BCUT2D eigenvalue weighted by Gasteiger charge is 2.02. The standard InChI is InChI=1S/C9H11ClO3.C7H6O2.CH2O/c10-7-1-3-9(4-2-7)13-6-8(12)5-11;8-7(9)6-4-2-1-3-5-6;1-2/h1-4,8,11-12H,5-6H2;1-5H,(H,8,9);1H2. The van der Waals surface area contributed by atoms with Crippen molar-refractivity contribution in [3.63, 3.8) is 0 Å². The van der Waals surface area contributed by atoms with E-state index in [0.717, 1.165) is 0 Å². The number of ether oxygens (including phenoxy) is 1. The van der Waals surface area contributed by atoms with Crippen molar-refractivity contribution < 1.29 is 29.6 Å². The van der Waals surface area contributed by atoms with Gasteiger partial charge in [-0.15, -0.1) is 0 Å². The van der Waals surface area contributed by atoms with Gasteiger partial charge in [0.15, 0.2) is 0 Å². The van der Waals surface area contributed by atoms with E-state index < -0.39 is 12.1 Å². The predicted octanol–water partition coefficient (Wildman–Crippen LogP) is 2.27. The maximum Gasteiger partial charge on any atom is 0.335 e. The lowest BCUT2D eigenvalue weighted by atomic mass is 10.2. The molecular formula is C17H19ClO6. The highest BCUT2D eigenvalue weighted by molar-refractivity contribution is 6.30. The largest absolute Gasteiger partial charge is 0.491 e. The Bertz CT molecular complexity index is 573. The topological polar surface area (TPSA) is 104 Å². The van der Waals surface area contributed by atoms with E-state index in [9.17, 15) is 4.79 Å². The third kappa shape index (κ3) is 9.58. The van der Waals surface area contributed by atoms with Crippen LogP contribution in [0.1, 0.15) is 10.4 Å². The first kappa shape index (κ1) is 21.6. The van der Waals surface area contributed by atoms with E-state index >= 15 is 0 Å². The van der Waals surface area contributed by atoms with Gasteiger partial charge < -0.3 is 24.9 Å². The number of carboxylic acid groups (broad SMARTS) is 1. The molecule has 1 atom stereocenters. The van der Waals surface area contributed by atoms with Crippen LogP contribution in [0.4, 0.5) is 0 Å². The van der Waals surface area contributed by atoms with E-state index in [1.807, 2.05) is 6.79 Å². The summed E-state index contributed by atoms with van der Waals surface area (Å²) in [6.07, 6.45) is -0.837. The number of benzene rings is 2. The second-order valence-corrected chi connectivity index (χ2v) is 4.71. The van der Waals surface area contributed by atoms with Crippen molar-refractivity contribution in [3.8, 4) is 5.75 Å². The number of aliphatic hydroxyl groups excluding tert-OH is 2. The molecule has 1 unspecified atom stereocenters. The number of rotatable bonds is 5. The first-order valence-electron chi connectivity index (χ1n) is 6.77. The second-order valence-electron chi connectivity index (χ2n) is 4.27. The summed E-state index contributed by atoms with van der Waals surface area (Å²) in [5, 5.41) is 26.5. The van der Waals surface area contributed by atoms with Crippen LogP contribution in [0.3, 0.4) is 0 Å². The highest BCUT2D eigenvalue weighted by Crippen LogP contribution is 2.15. The maximum atomic E-state index is 10.2. The number of carbonyl (C=O) groups excluding carboxylic acids is 1. The monoisotopic (exact) mass is 354 g/mol. The smallest absolute Gasteiger partial charge is 0.335 e. The van der Waals surface area contributed by atoms with Gasteiger partial charge in [-0.3, -0.25) is 0 Å². The average molecular weight is 355 g/mol. The minimum Gasteiger partial charge on any atom is -0.491 e. The molecule has 0 saturated heterocycles. The van der Waals surface area contributed by atoms with E-state index in [1.165, 1.54) is 0 Å². The molecule has 2 aromatic rings. The predicted molar refractivity (Wildman–Crippen MR) is 90.6 cm³/mol. The fourth-order valence-corrected chi connectivity index (χ4v) is 1.48. The molecule has 0 aliphatic rings. The Balaban J connectivity index is 0.000000420. The number of aromatic carboxylic acids is 1. The van der Waals surface area contributed by atoms with Gasteiger partial charge >= 0.3 is 5.97 Å². The van der Waals surface area contributed by atoms with Crippen molar-refractivity contribution in [1.82, 2.24) is 0 Å². The van der Waals surface area contributed by atoms with Crippen LogP contribution in [0.15, 0.2) is 54.6 Å². The molecule has 0 amide bonds. The normalized spacial score (nSPS) is 10.3. The molecule has 0 saturated carbocycles. The Kier molecular flexibility index (Phi) is 11.8. The fourth-order valence-electron chi connectivity index (χ4n) is 1.36. The molecule has 7 heteroatoms. The summed E-state index contributed by atoms with van der Waals surface area (Å²) in [5.74, 6) is -0.257. The molecule has 0 aliphatic carbocycles. The zero-order valence-electron chi connectivity index (χ0n) is 12.8. The first-order chi connectivity index (χ1) is 11.5. The molecule has 0 radical (unpaired) electrons. The Hall–Kier alpha value is -2.41. The quantitative estimate of drug-likeness (QED) is 0.761. The fraction of sp³-hybridized carbons (Fsp3) is 0.176. The van der Waals surface area contributed by atoms with Crippen LogP contribution in [0.2, 0.25) is 5.02 Å². The summed E-state index contributed by atoms with van der Waals surface area (Å²) >= 11 is 5.66. The zero-order valence-corrected chi connectivity index (χ0v) is 13.6. The molecule has 2 aromatic carbocycles. The van der Waals surface area contributed by atoms with Crippen molar-refractivity contribution in [2.45, 2.75) is 6.10 Å². The molecule has 0 bridgehead atoms.